The Morgan fingerprint density at radius 2 is 0.808 bits per heavy atom. The summed E-state index contributed by atoms with van der Waals surface area (Å²) < 4.78 is 0.0445. The van der Waals surface area contributed by atoms with Crippen LogP contribution in [0.2, 0.25) is 13.1 Å². The molecule has 0 heterocycles. The fourth-order valence-corrected chi connectivity index (χ4v) is 42.4. The molecule has 0 nitrogen and oxygen atoms in total. The van der Waals surface area contributed by atoms with E-state index in [1.807, 2.05) is 0 Å². The zero-order valence-electron chi connectivity index (χ0n) is 30.8. The summed E-state index contributed by atoms with van der Waals surface area (Å²) in [5.74, 6) is -1.70. The topological polar surface area (TPSA) is 0 Å². The fourth-order valence-electron chi connectivity index (χ4n) is 9.50. The van der Waals surface area contributed by atoms with Gasteiger partial charge in [0.1, 0.15) is 0 Å². The zero-order chi connectivity index (χ0) is 36.4. The Labute approximate surface area is 318 Å². The Balaban J connectivity index is 1.37. The number of hydrogen-bond donors (Lipinski definition) is 0. The van der Waals surface area contributed by atoms with Gasteiger partial charge in [0.05, 0.1) is 0 Å². The normalized spacial score (nSPS) is 17.3. The van der Waals surface area contributed by atoms with Crippen molar-refractivity contribution in [2.24, 2.45) is 0 Å². The van der Waals surface area contributed by atoms with Crippen molar-refractivity contribution in [3.05, 3.63) is 178 Å². The summed E-state index contributed by atoms with van der Waals surface area (Å²) in [7, 11) is 17.4. The van der Waals surface area contributed by atoms with Crippen LogP contribution in [0, 0.1) is 13.8 Å². The van der Waals surface area contributed by atoms with Gasteiger partial charge in [-0.05, 0) is 0 Å². The van der Waals surface area contributed by atoms with Crippen LogP contribution >= 0.6 is 17.0 Å². The van der Waals surface area contributed by atoms with E-state index in [1.54, 1.807) is 0 Å². The Kier molecular flexibility index (Phi) is 9.15. The van der Waals surface area contributed by atoms with Crippen LogP contribution in [0.15, 0.2) is 145 Å². The summed E-state index contributed by atoms with van der Waals surface area (Å²) in [6, 6.07) is 48.6. The molecule has 2 unspecified atom stereocenters. The maximum absolute atomic E-state index is 8.72. The molecule has 0 saturated carbocycles. The van der Waals surface area contributed by atoms with Gasteiger partial charge < -0.3 is 0 Å². The van der Waals surface area contributed by atoms with Crippen molar-refractivity contribution in [1.82, 2.24) is 0 Å². The Hall–Kier alpha value is -3.52. The number of allylic oxidation sites excluding steroid dienone is 2. The van der Waals surface area contributed by atoms with Crippen LogP contribution in [0.5, 0.6) is 0 Å². The molecule has 2 aliphatic carbocycles. The van der Waals surface area contributed by atoms with Crippen LogP contribution < -0.4 is 0 Å². The molecule has 0 saturated heterocycles. The van der Waals surface area contributed by atoms with E-state index in [0.717, 1.165) is 0 Å². The Bertz CT molecular complexity index is 2260. The SMILES string of the molecule is CC1=Cc2c(ccc(-c3ccccc3)c2-c2ccccc2C)[CH]1[Zr]([Cl])([Cl])([CH]1C(C)=Cc2c1ccc(-c1ccccc1)c2-c1ccccc1C)[SiH](C)C. The van der Waals surface area contributed by atoms with Crippen LogP contribution in [-0.2, 0) is 15.6 Å². The summed E-state index contributed by atoms with van der Waals surface area (Å²) >= 11 is -4.93. The molecule has 0 bridgehead atoms. The van der Waals surface area contributed by atoms with Crippen molar-refractivity contribution < 1.29 is 15.6 Å². The van der Waals surface area contributed by atoms with E-state index in [2.05, 4.69) is 186 Å². The molecule has 8 rings (SSSR count). The molecule has 6 aromatic carbocycles. The first-order valence-corrected chi connectivity index (χ1v) is 34.8. The van der Waals surface area contributed by atoms with Gasteiger partial charge in [0.25, 0.3) is 0 Å². The monoisotopic (exact) mass is 809 g/mol. The molecule has 0 fully saturated rings. The predicted molar refractivity (Wildman–Crippen MR) is 227 cm³/mol. The van der Waals surface area contributed by atoms with Crippen LogP contribution in [-0.4, -0.2) is 5.92 Å². The van der Waals surface area contributed by atoms with Gasteiger partial charge in [0, 0.05) is 0 Å². The predicted octanol–water partition coefficient (Wildman–Crippen LogP) is 14.6. The second kappa shape index (κ2) is 13.4. The molecule has 0 aliphatic heterocycles. The van der Waals surface area contributed by atoms with Crippen LogP contribution in [0.4, 0.5) is 0 Å². The van der Waals surface area contributed by atoms with Crippen LogP contribution in [0.25, 0.3) is 56.7 Å². The first-order chi connectivity index (χ1) is 25.0. The molecule has 0 spiro atoms. The van der Waals surface area contributed by atoms with Gasteiger partial charge in [-0.1, -0.05) is 0 Å². The van der Waals surface area contributed by atoms with Crippen molar-refractivity contribution in [3.8, 4) is 44.5 Å². The van der Waals surface area contributed by atoms with Gasteiger partial charge in [0.2, 0.25) is 0 Å². The van der Waals surface area contributed by atoms with Gasteiger partial charge in [-0.25, -0.2) is 0 Å². The number of fused-ring (bicyclic) bond motifs is 2. The van der Waals surface area contributed by atoms with E-state index in [0.29, 0.717) is 0 Å². The third-order valence-corrected chi connectivity index (χ3v) is 64.3. The molecule has 6 aromatic rings. The molecule has 0 amide bonds. The van der Waals surface area contributed by atoms with E-state index >= 15 is 0 Å². The molecule has 4 heteroatoms. The summed E-state index contributed by atoms with van der Waals surface area (Å²) in [5, 5.41) is 0. The van der Waals surface area contributed by atoms with Crippen LogP contribution in [0.1, 0.15) is 54.5 Å². The van der Waals surface area contributed by atoms with E-state index in [9.17, 15) is 0 Å². The Morgan fingerprint density at radius 1 is 0.442 bits per heavy atom. The van der Waals surface area contributed by atoms with Gasteiger partial charge in [-0.15, -0.1) is 0 Å². The number of halogens is 2. The molecule has 2 atom stereocenters. The average molecular weight is 812 g/mol. The maximum atomic E-state index is 8.72. The van der Waals surface area contributed by atoms with Gasteiger partial charge in [0.15, 0.2) is 0 Å². The van der Waals surface area contributed by atoms with Crippen molar-refractivity contribution in [2.75, 3.05) is 0 Å². The summed E-state index contributed by atoms with van der Waals surface area (Å²) in [4.78, 5) is 0. The zero-order valence-corrected chi connectivity index (χ0v) is 36.0. The second-order valence-electron chi connectivity index (χ2n) is 15.4. The van der Waals surface area contributed by atoms with Crippen molar-refractivity contribution in [2.45, 2.75) is 48.0 Å². The molecule has 259 valence electrons. The van der Waals surface area contributed by atoms with Gasteiger partial charge >= 0.3 is 321 Å². The summed E-state index contributed by atoms with van der Waals surface area (Å²) in [6.07, 6.45) is 4.88. The van der Waals surface area contributed by atoms with Crippen molar-refractivity contribution in [3.63, 3.8) is 0 Å². The molecule has 52 heavy (non-hydrogen) atoms. The van der Waals surface area contributed by atoms with Gasteiger partial charge in [-0.2, -0.15) is 0 Å². The van der Waals surface area contributed by atoms with E-state index in [-0.39, 0.29) is 7.25 Å². The summed E-state index contributed by atoms with van der Waals surface area (Å²) in [5.41, 5.74) is 20.4. The third kappa shape index (κ3) is 5.48. The van der Waals surface area contributed by atoms with E-state index in [4.69, 9.17) is 17.0 Å². The van der Waals surface area contributed by atoms with Crippen molar-refractivity contribution in [1.29, 1.82) is 0 Å². The molecule has 0 radical (unpaired) electrons. The molecular weight excluding hydrogens is 767 g/mol. The number of hydrogen-bond acceptors (Lipinski definition) is 0. The quantitative estimate of drug-likeness (QED) is 0.141. The molecule has 2 aliphatic rings. The number of rotatable bonds is 7. The number of aryl methyl sites for hydroxylation is 2. The van der Waals surface area contributed by atoms with Crippen molar-refractivity contribution >= 4 is 35.1 Å². The minimum atomic E-state index is -4.93. The second-order valence-corrected chi connectivity index (χ2v) is 57.9. The van der Waals surface area contributed by atoms with E-state index < -0.39 is 21.5 Å². The standard InChI is InChI=1S/2C23H19.C2H7Si.2ClH.Zr/c2*1-16-14-19-12-13-21(18-9-4-3-5-10-18)23(22(19)15-16)20-11-7-6-8-17(20)2;1-3-2;;;/h2*3-15H,1-2H3;3H,1-2H3;2*1H;/q;;;;;+2/p-2. The Morgan fingerprint density at radius 3 is 1.17 bits per heavy atom. The number of benzene rings is 6. The molecular formula is C48H45Cl2SiZr. The molecule has 0 N–H and O–H groups in total. The average Bonchev–Trinajstić information content (AvgIpc) is 3.69. The third-order valence-electron chi connectivity index (χ3n) is 12.0. The summed E-state index contributed by atoms with van der Waals surface area (Å²) in [6.45, 7) is 13.9. The minimum absolute atomic E-state index is 0.0223. The van der Waals surface area contributed by atoms with Gasteiger partial charge in [-0.3, -0.25) is 0 Å². The van der Waals surface area contributed by atoms with Crippen LogP contribution in [0.3, 0.4) is 0 Å². The van der Waals surface area contributed by atoms with E-state index in [1.165, 1.54) is 89.0 Å². The fraction of sp³-hybridized carbons (Fsp3) is 0.167. The first-order valence-electron chi connectivity index (χ1n) is 18.5. The molecule has 0 aromatic heterocycles. The first kappa shape index (κ1) is 35.5.